The third kappa shape index (κ3) is 3.45. The van der Waals surface area contributed by atoms with Crippen molar-refractivity contribution >= 4 is 17.1 Å². The molecule has 1 aromatic carbocycles. The molecule has 0 unspecified atom stereocenters. The van der Waals surface area contributed by atoms with Crippen LogP contribution in [0.2, 0.25) is 0 Å². The number of benzene rings is 1. The Morgan fingerprint density at radius 1 is 1.07 bits per heavy atom. The van der Waals surface area contributed by atoms with Gasteiger partial charge in [-0.15, -0.1) is 0 Å². The summed E-state index contributed by atoms with van der Waals surface area (Å²) in [6.07, 6.45) is 1.72. The zero-order chi connectivity index (χ0) is 21.3. The number of anilines is 1. The summed E-state index contributed by atoms with van der Waals surface area (Å²) in [5, 5.41) is 3.26. The zero-order valence-corrected chi connectivity index (χ0v) is 17.0. The lowest BCUT2D eigenvalue weighted by molar-refractivity contribution is 0.414. The molecule has 4 aromatic rings. The Labute approximate surface area is 172 Å². The summed E-state index contributed by atoms with van der Waals surface area (Å²) in [4.78, 5) is 34.2. The number of ether oxygens (including phenoxy) is 1. The number of aryl methyl sites for hydroxylation is 1. The topological polar surface area (TPSA) is 96.0 Å². The number of rotatable bonds is 6. The molecular weight excluding hydrogens is 384 g/mol. The average Bonchev–Trinajstić information content (AvgIpc) is 3.14. The van der Waals surface area contributed by atoms with Crippen LogP contribution < -0.4 is 21.3 Å². The summed E-state index contributed by atoms with van der Waals surface area (Å²) in [7, 11) is 4.68. The highest BCUT2D eigenvalue weighted by molar-refractivity contribution is 5.74. The van der Waals surface area contributed by atoms with Crippen LogP contribution in [-0.2, 0) is 27.2 Å². The summed E-state index contributed by atoms with van der Waals surface area (Å²) in [6, 6.07) is 13.3. The summed E-state index contributed by atoms with van der Waals surface area (Å²) in [5.74, 6) is 1.21. The maximum atomic E-state index is 12.9. The number of nitrogens with zero attached hydrogens (tertiary/aromatic N) is 5. The van der Waals surface area contributed by atoms with E-state index in [2.05, 4.69) is 15.3 Å². The standard InChI is InChI=1S/C21H22N6O3/c1-25-18-17(19(28)26(2)21(25)29)27(13-14-7-6-9-16(11-14)30-3)20(24-18)23-12-15-8-4-5-10-22-15/h4-11H,12-13H2,1-3H3,(H,23,24). The van der Waals surface area contributed by atoms with Crippen molar-refractivity contribution in [2.75, 3.05) is 12.4 Å². The van der Waals surface area contributed by atoms with Gasteiger partial charge in [0, 0.05) is 20.3 Å². The molecule has 3 aromatic heterocycles. The normalized spacial score (nSPS) is 11.0. The third-order valence-corrected chi connectivity index (χ3v) is 4.98. The van der Waals surface area contributed by atoms with Crippen molar-refractivity contribution in [1.29, 1.82) is 0 Å². The maximum Gasteiger partial charge on any atom is 0.332 e. The van der Waals surface area contributed by atoms with Gasteiger partial charge in [0.2, 0.25) is 5.95 Å². The van der Waals surface area contributed by atoms with Crippen molar-refractivity contribution < 1.29 is 4.74 Å². The molecule has 0 aliphatic rings. The lowest BCUT2D eigenvalue weighted by Gasteiger charge is -2.12. The molecule has 0 saturated heterocycles. The van der Waals surface area contributed by atoms with E-state index in [0.29, 0.717) is 30.2 Å². The number of methoxy groups -OCH3 is 1. The maximum absolute atomic E-state index is 12.9. The predicted octanol–water partition coefficient (Wildman–Crippen LogP) is 1.50. The van der Waals surface area contributed by atoms with Gasteiger partial charge in [0.25, 0.3) is 5.56 Å². The van der Waals surface area contributed by atoms with Gasteiger partial charge in [-0.25, -0.2) is 4.79 Å². The van der Waals surface area contributed by atoms with E-state index in [-0.39, 0.29) is 0 Å². The van der Waals surface area contributed by atoms with Crippen molar-refractivity contribution in [1.82, 2.24) is 23.7 Å². The number of fused-ring (bicyclic) bond motifs is 1. The minimum atomic E-state index is -0.421. The highest BCUT2D eigenvalue weighted by Crippen LogP contribution is 2.20. The fourth-order valence-electron chi connectivity index (χ4n) is 3.36. The monoisotopic (exact) mass is 406 g/mol. The van der Waals surface area contributed by atoms with E-state index in [1.165, 1.54) is 11.6 Å². The SMILES string of the molecule is COc1cccc(Cn2c(NCc3ccccn3)nc3c2c(=O)n(C)c(=O)n3C)c1. The summed E-state index contributed by atoms with van der Waals surface area (Å²) in [5.41, 5.74) is 1.63. The molecule has 0 aliphatic heterocycles. The molecule has 9 nitrogen and oxygen atoms in total. The van der Waals surface area contributed by atoms with Gasteiger partial charge in [-0.2, -0.15) is 4.98 Å². The number of hydrogen-bond acceptors (Lipinski definition) is 6. The zero-order valence-electron chi connectivity index (χ0n) is 17.0. The number of imidazole rings is 1. The molecule has 0 atom stereocenters. The third-order valence-electron chi connectivity index (χ3n) is 4.98. The molecule has 30 heavy (non-hydrogen) atoms. The lowest BCUT2D eigenvalue weighted by Crippen LogP contribution is -2.37. The van der Waals surface area contributed by atoms with Crippen LogP contribution in [0.15, 0.2) is 58.3 Å². The van der Waals surface area contributed by atoms with Gasteiger partial charge in [-0.1, -0.05) is 18.2 Å². The Morgan fingerprint density at radius 2 is 1.90 bits per heavy atom. The van der Waals surface area contributed by atoms with Crippen molar-refractivity contribution in [2.24, 2.45) is 14.1 Å². The van der Waals surface area contributed by atoms with Gasteiger partial charge < -0.3 is 10.1 Å². The van der Waals surface area contributed by atoms with E-state index < -0.39 is 11.2 Å². The van der Waals surface area contributed by atoms with E-state index in [0.717, 1.165) is 21.6 Å². The Hall–Kier alpha value is -3.88. The van der Waals surface area contributed by atoms with Crippen LogP contribution in [0.25, 0.3) is 11.2 Å². The number of nitrogens with one attached hydrogen (secondary N) is 1. The second-order valence-electron chi connectivity index (χ2n) is 6.93. The second kappa shape index (κ2) is 7.86. The molecule has 0 saturated carbocycles. The van der Waals surface area contributed by atoms with Gasteiger partial charge >= 0.3 is 5.69 Å². The minimum absolute atomic E-state index is 0.328. The molecule has 0 bridgehead atoms. The second-order valence-corrected chi connectivity index (χ2v) is 6.93. The van der Waals surface area contributed by atoms with Crippen LogP contribution >= 0.6 is 0 Å². The highest BCUT2D eigenvalue weighted by atomic mass is 16.5. The van der Waals surface area contributed by atoms with Crippen LogP contribution in [0.5, 0.6) is 5.75 Å². The van der Waals surface area contributed by atoms with Gasteiger partial charge in [0.1, 0.15) is 5.75 Å². The first-order valence-electron chi connectivity index (χ1n) is 9.42. The Morgan fingerprint density at radius 3 is 2.63 bits per heavy atom. The molecule has 4 rings (SSSR count). The van der Waals surface area contributed by atoms with E-state index >= 15 is 0 Å². The average molecular weight is 406 g/mol. The fourth-order valence-corrected chi connectivity index (χ4v) is 3.36. The molecule has 0 spiro atoms. The van der Waals surface area contributed by atoms with Crippen molar-refractivity contribution in [2.45, 2.75) is 13.1 Å². The summed E-state index contributed by atoms with van der Waals surface area (Å²) >= 11 is 0. The van der Waals surface area contributed by atoms with Gasteiger partial charge in [0.15, 0.2) is 11.2 Å². The number of aromatic nitrogens is 5. The van der Waals surface area contributed by atoms with Gasteiger partial charge in [-0.3, -0.25) is 23.5 Å². The molecule has 0 aliphatic carbocycles. The Kier molecular flexibility index (Phi) is 5.09. The Balaban J connectivity index is 1.85. The minimum Gasteiger partial charge on any atom is -0.497 e. The molecule has 3 heterocycles. The van der Waals surface area contributed by atoms with Gasteiger partial charge in [-0.05, 0) is 29.8 Å². The van der Waals surface area contributed by atoms with Crippen molar-refractivity contribution in [3.05, 3.63) is 80.8 Å². The van der Waals surface area contributed by atoms with E-state index in [1.54, 1.807) is 24.9 Å². The summed E-state index contributed by atoms with van der Waals surface area (Å²) < 4.78 is 9.57. The van der Waals surface area contributed by atoms with Crippen LogP contribution in [0, 0.1) is 0 Å². The van der Waals surface area contributed by atoms with Crippen LogP contribution in [0.1, 0.15) is 11.3 Å². The first kappa shape index (κ1) is 19.4. The molecule has 0 fully saturated rings. The lowest BCUT2D eigenvalue weighted by atomic mass is 10.2. The number of hydrogen-bond donors (Lipinski definition) is 1. The van der Waals surface area contributed by atoms with E-state index in [4.69, 9.17) is 4.74 Å². The van der Waals surface area contributed by atoms with Crippen LogP contribution in [0.3, 0.4) is 0 Å². The molecule has 1 N–H and O–H groups in total. The quantitative estimate of drug-likeness (QED) is 0.521. The van der Waals surface area contributed by atoms with E-state index in [1.807, 2.05) is 42.5 Å². The largest absolute Gasteiger partial charge is 0.497 e. The highest BCUT2D eigenvalue weighted by Gasteiger charge is 2.19. The van der Waals surface area contributed by atoms with Crippen molar-refractivity contribution in [3.63, 3.8) is 0 Å². The van der Waals surface area contributed by atoms with E-state index in [9.17, 15) is 9.59 Å². The first-order chi connectivity index (χ1) is 14.5. The number of pyridine rings is 1. The van der Waals surface area contributed by atoms with Crippen LogP contribution in [-0.4, -0.2) is 30.8 Å². The van der Waals surface area contributed by atoms with Gasteiger partial charge in [0.05, 0.1) is 25.9 Å². The molecule has 0 amide bonds. The molecule has 9 heteroatoms. The van der Waals surface area contributed by atoms with Crippen molar-refractivity contribution in [3.8, 4) is 5.75 Å². The predicted molar refractivity (Wildman–Crippen MR) is 114 cm³/mol. The first-order valence-corrected chi connectivity index (χ1v) is 9.42. The fraction of sp³-hybridized carbons (Fsp3) is 0.238. The summed E-state index contributed by atoms with van der Waals surface area (Å²) in [6.45, 7) is 0.808. The molecule has 0 radical (unpaired) electrons. The smallest absolute Gasteiger partial charge is 0.332 e. The molecule has 154 valence electrons. The molecular formula is C21H22N6O3. The Bertz CT molecular complexity index is 1320. The van der Waals surface area contributed by atoms with Crippen LogP contribution in [0.4, 0.5) is 5.95 Å².